The molecule has 3 rings (SSSR count). The number of nitrogens with zero attached hydrogens (tertiary/aromatic N) is 2. The van der Waals surface area contributed by atoms with E-state index in [1.54, 1.807) is 18.1 Å². The largest absolute Gasteiger partial charge is 0.493 e. The van der Waals surface area contributed by atoms with Gasteiger partial charge in [-0.3, -0.25) is 9.59 Å². The molecule has 0 saturated carbocycles. The number of hydrogen-bond donors (Lipinski definition) is 1. The van der Waals surface area contributed by atoms with Crippen LogP contribution in [-0.4, -0.2) is 49.6 Å². The van der Waals surface area contributed by atoms with Gasteiger partial charge in [-0.1, -0.05) is 11.6 Å². The van der Waals surface area contributed by atoms with E-state index in [0.29, 0.717) is 30.0 Å². The van der Waals surface area contributed by atoms with Gasteiger partial charge in [0.15, 0.2) is 11.5 Å². The summed E-state index contributed by atoms with van der Waals surface area (Å²) in [6.07, 6.45) is 1.97. The smallest absolute Gasteiger partial charge is 0.307 e. The van der Waals surface area contributed by atoms with Crippen LogP contribution >= 0.6 is 11.6 Å². The van der Waals surface area contributed by atoms with Crippen LogP contribution in [0.5, 0.6) is 11.5 Å². The van der Waals surface area contributed by atoms with E-state index in [1.165, 1.54) is 26.5 Å². The first kappa shape index (κ1) is 20.7. The number of anilines is 1. The zero-order valence-electron chi connectivity index (χ0n) is 16.4. The second-order valence-electron chi connectivity index (χ2n) is 6.54. The molecule has 0 saturated heterocycles. The Balaban J connectivity index is 2.04. The van der Waals surface area contributed by atoms with Crippen LogP contribution in [0, 0.1) is 0 Å². The van der Waals surface area contributed by atoms with Crippen molar-refractivity contribution in [1.82, 2.24) is 9.88 Å². The monoisotopic (exact) mass is 419 g/mol. The van der Waals surface area contributed by atoms with E-state index in [0.717, 1.165) is 11.1 Å². The zero-order chi connectivity index (χ0) is 21.1. The molecule has 8 nitrogen and oxygen atoms in total. The molecule has 0 fully saturated rings. The Labute approximate surface area is 173 Å². The topological polar surface area (TPSA) is 104 Å². The van der Waals surface area contributed by atoms with Crippen molar-refractivity contribution in [3.05, 3.63) is 46.1 Å². The molecular formula is C20H22ClN3O5. The quantitative estimate of drug-likeness (QED) is 0.743. The molecule has 2 N–H and O–H groups in total. The Hall–Kier alpha value is -3.00. The Morgan fingerprint density at radius 3 is 2.52 bits per heavy atom. The maximum absolute atomic E-state index is 13.2. The van der Waals surface area contributed by atoms with Gasteiger partial charge in [0.1, 0.15) is 5.82 Å². The average Bonchev–Trinajstić information content (AvgIpc) is 2.74. The number of pyridine rings is 1. The third-order valence-corrected chi connectivity index (χ3v) is 5.27. The fraction of sp³-hybridized carbons (Fsp3) is 0.350. The molecule has 0 spiro atoms. The number of amides is 1. The predicted molar refractivity (Wildman–Crippen MR) is 107 cm³/mol. The van der Waals surface area contributed by atoms with Gasteiger partial charge >= 0.3 is 5.97 Å². The molecule has 1 aromatic heterocycles. The van der Waals surface area contributed by atoms with Crippen LogP contribution in [-0.2, 0) is 16.0 Å². The molecule has 0 aliphatic carbocycles. The molecule has 1 aromatic carbocycles. The molecule has 0 radical (unpaired) electrons. The van der Waals surface area contributed by atoms with Crippen LogP contribution in [0.1, 0.15) is 33.9 Å². The highest BCUT2D eigenvalue weighted by molar-refractivity contribution is 6.33. The van der Waals surface area contributed by atoms with Gasteiger partial charge in [0, 0.05) is 12.7 Å². The number of rotatable bonds is 5. The van der Waals surface area contributed by atoms with E-state index in [1.807, 2.05) is 6.07 Å². The number of carbonyl (C=O) groups excluding carboxylic acids is 2. The van der Waals surface area contributed by atoms with Crippen molar-refractivity contribution in [2.24, 2.45) is 0 Å². The molecule has 2 aromatic rings. The van der Waals surface area contributed by atoms with Crippen molar-refractivity contribution in [1.29, 1.82) is 0 Å². The molecule has 1 aliphatic heterocycles. The highest BCUT2D eigenvalue weighted by Crippen LogP contribution is 2.40. The number of nitrogens with two attached hydrogens (primary N) is 1. The summed E-state index contributed by atoms with van der Waals surface area (Å²) in [5.41, 5.74) is 7.73. The number of benzene rings is 1. The minimum absolute atomic E-state index is 0.000849. The first-order valence-electron chi connectivity index (χ1n) is 8.93. The lowest BCUT2D eigenvalue weighted by molar-refractivity contribution is -0.141. The van der Waals surface area contributed by atoms with Gasteiger partial charge in [-0.05, 0) is 35.7 Å². The lowest BCUT2D eigenvalue weighted by Gasteiger charge is -2.37. The van der Waals surface area contributed by atoms with E-state index in [9.17, 15) is 9.59 Å². The van der Waals surface area contributed by atoms with Crippen LogP contribution in [0.3, 0.4) is 0 Å². The number of aromatic nitrogens is 1. The second kappa shape index (κ2) is 8.57. The fourth-order valence-electron chi connectivity index (χ4n) is 3.46. The highest BCUT2D eigenvalue weighted by atomic mass is 35.5. The molecule has 154 valence electrons. The maximum Gasteiger partial charge on any atom is 0.307 e. The minimum Gasteiger partial charge on any atom is -0.493 e. The zero-order valence-corrected chi connectivity index (χ0v) is 17.2. The first-order chi connectivity index (χ1) is 13.9. The van der Waals surface area contributed by atoms with Crippen molar-refractivity contribution in [2.45, 2.75) is 18.9 Å². The summed E-state index contributed by atoms with van der Waals surface area (Å²) in [5.74, 6) is 0.540. The van der Waals surface area contributed by atoms with Gasteiger partial charge in [0.25, 0.3) is 5.91 Å². The SMILES string of the molecule is COC(=O)CC1c2cc(OC)c(OC)cc2CCN1C(=O)c1cnc(N)c(Cl)c1. The van der Waals surface area contributed by atoms with E-state index < -0.39 is 12.0 Å². The Kier molecular flexibility index (Phi) is 6.12. The summed E-state index contributed by atoms with van der Waals surface area (Å²) >= 11 is 6.03. The van der Waals surface area contributed by atoms with Crippen LogP contribution in [0.2, 0.25) is 5.02 Å². The van der Waals surface area contributed by atoms with E-state index >= 15 is 0 Å². The minimum atomic E-state index is -0.533. The van der Waals surface area contributed by atoms with Gasteiger partial charge in [-0.25, -0.2) is 4.98 Å². The summed E-state index contributed by atoms with van der Waals surface area (Å²) in [4.78, 5) is 30.9. The highest BCUT2D eigenvalue weighted by Gasteiger charge is 2.34. The van der Waals surface area contributed by atoms with Crippen LogP contribution < -0.4 is 15.2 Å². The molecule has 1 aliphatic rings. The summed E-state index contributed by atoms with van der Waals surface area (Å²) in [6.45, 7) is 0.408. The molecule has 9 heteroatoms. The lowest BCUT2D eigenvalue weighted by atomic mass is 9.89. The van der Waals surface area contributed by atoms with E-state index in [-0.39, 0.29) is 23.2 Å². The van der Waals surface area contributed by atoms with Gasteiger partial charge < -0.3 is 24.8 Å². The predicted octanol–water partition coefficient (Wildman–Crippen LogP) is 2.64. The number of esters is 1. The van der Waals surface area contributed by atoms with Crippen molar-refractivity contribution in [3.63, 3.8) is 0 Å². The number of carbonyl (C=O) groups is 2. The number of methoxy groups -OCH3 is 3. The third kappa shape index (κ3) is 4.07. The molecule has 1 amide bonds. The Morgan fingerprint density at radius 1 is 1.21 bits per heavy atom. The summed E-state index contributed by atoms with van der Waals surface area (Å²) in [7, 11) is 4.41. The second-order valence-corrected chi connectivity index (χ2v) is 6.95. The van der Waals surface area contributed by atoms with Gasteiger partial charge in [-0.15, -0.1) is 0 Å². The number of halogens is 1. The van der Waals surface area contributed by atoms with Gasteiger partial charge in [0.05, 0.1) is 44.4 Å². The molecule has 29 heavy (non-hydrogen) atoms. The lowest BCUT2D eigenvalue weighted by Crippen LogP contribution is -2.41. The van der Waals surface area contributed by atoms with Crippen molar-refractivity contribution in [3.8, 4) is 11.5 Å². The van der Waals surface area contributed by atoms with Gasteiger partial charge in [-0.2, -0.15) is 0 Å². The number of hydrogen-bond acceptors (Lipinski definition) is 7. The fourth-order valence-corrected chi connectivity index (χ4v) is 3.63. The Morgan fingerprint density at radius 2 is 1.90 bits per heavy atom. The van der Waals surface area contributed by atoms with Crippen molar-refractivity contribution < 1.29 is 23.8 Å². The Bertz CT molecular complexity index is 950. The summed E-state index contributed by atoms with van der Waals surface area (Å²) < 4.78 is 15.6. The average molecular weight is 420 g/mol. The number of fused-ring (bicyclic) bond motifs is 1. The normalized spacial score (nSPS) is 15.4. The molecule has 0 bridgehead atoms. The maximum atomic E-state index is 13.2. The molecule has 2 heterocycles. The number of nitrogen functional groups attached to an aromatic ring is 1. The molecule has 1 atom stereocenters. The van der Waals surface area contributed by atoms with Crippen LogP contribution in [0.15, 0.2) is 24.4 Å². The van der Waals surface area contributed by atoms with E-state index in [2.05, 4.69) is 4.98 Å². The number of ether oxygens (including phenoxy) is 3. The third-order valence-electron chi connectivity index (χ3n) is 4.97. The van der Waals surface area contributed by atoms with Crippen LogP contribution in [0.4, 0.5) is 5.82 Å². The van der Waals surface area contributed by atoms with Crippen LogP contribution in [0.25, 0.3) is 0 Å². The first-order valence-corrected chi connectivity index (χ1v) is 9.31. The molecule has 1 unspecified atom stereocenters. The van der Waals surface area contributed by atoms with Gasteiger partial charge in [0.2, 0.25) is 0 Å². The van der Waals surface area contributed by atoms with E-state index in [4.69, 9.17) is 31.5 Å². The van der Waals surface area contributed by atoms with Crippen molar-refractivity contribution in [2.75, 3.05) is 33.6 Å². The molecular weight excluding hydrogens is 398 g/mol. The summed E-state index contributed by atoms with van der Waals surface area (Å²) in [6, 6.07) is 4.62. The summed E-state index contributed by atoms with van der Waals surface area (Å²) in [5, 5.41) is 0.198. The standard InChI is InChI=1S/C20H22ClN3O5/c1-27-16-7-11-4-5-24(20(26)12-6-14(21)19(22)23-10-12)15(9-18(25)29-3)13(11)8-17(16)28-2/h6-8,10,15H,4-5,9H2,1-3H3,(H2,22,23). The van der Waals surface area contributed by atoms with Crippen molar-refractivity contribution >= 4 is 29.3 Å².